The van der Waals surface area contributed by atoms with Gasteiger partial charge in [-0.15, -0.1) is 10.2 Å². The fraction of sp³-hybridized carbons (Fsp3) is 0.333. The van der Waals surface area contributed by atoms with Crippen molar-refractivity contribution in [3.05, 3.63) is 52.1 Å². The van der Waals surface area contributed by atoms with Gasteiger partial charge in [0, 0.05) is 24.7 Å². The first kappa shape index (κ1) is 21.7. The molecule has 0 fully saturated rings. The predicted molar refractivity (Wildman–Crippen MR) is 117 cm³/mol. The van der Waals surface area contributed by atoms with Gasteiger partial charge < -0.3 is 14.6 Å². The third-order valence-electron chi connectivity index (χ3n) is 5.14. The number of pyridine rings is 2. The molecule has 10 nitrogen and oxygen atoms in total. The first-order valence-corrected chi connectivity index (χ1v) is 10.5. The maximum atomic E-state index is 13.2. The zero-order valence-electron chi connectivity index (χ0n) is 17.9. The van der Waals surface area contributed by atoms with E-state index in [-0.39, 0.29) is 24.2 Å². The number of nitrogens with zero attached hydrogens (tertiary/aromatic N) is 6. The first-order valence-electron chi connectivity index (χ1n) is 10.1. The van der Waals surface area contributed by atoms with Gasteiger partial charge >= 0.3 is 6.09 Å². The Kier molecular flexibility index (Phi) is 6.04. The summed E-state index contributed by atoms with van der Waals surface area (Å²) in [5, 5.41) is 11.0. The Labute approximate surface area is 189 Å². The molecule has 2 amide bonds. The number of carbonyl (C=O) groups is 2. The third-order valence-corrected chi connectivity index (χ3v) is 5.33. The summed E-state index contributed by atoms with van der Waals surface area (Å²) in [6.45, 7) is 4.89. The van der Waals surface area contributed by atoms with Crippen LogP contribution in [0.2, 0.25) is 5.15 Å². The molecule has 0 bridgehead atoms. The SMILES string of the molecule is CCCn1c(C)nnc1-c1cccc(N2Cc3c(cc(Cl)nc3COC(=O)NC)C2=O)n1. The normalized spacial score (nSPS) is 12.8. The second-order valence-electron chi connectivity index (χ2n) is 7.24. The van der Waals surface area contributed by atoms with E-state index in [4.69, 9.17) is 16.3 Å². The quantitative estimate of drug-likeness (QED) is 0.567. The largest absolute Gasteiger partial charge is 0.443 e. The highest BCUT2D eigenvalue weighted by Crippen LogP contribution is 2.32. The predicted octanol–water partition coefficient (Wildman–Crippen LogP) is 3.12. The minimum Gasteiger partial charge on any atom is -0.443 e. The molecule has 0 saturated carbocycles. The summed E-state index contributed by atoms with van der Waals surface area (Å²) in [7, 11) is 1.46. The molecule has 1 N–H and O–H groups in total. The number of rotatable bonds is 6. The number of fused-ring (bicyclic) bond motifs is 1. The summed E-state index contributed by atoms with van der Waals surface area (Å²) < 4.78 is 7.12. The maximum Gasteiger partial charge on any atom is 0.407 e. The molecular weight excluding hydrogens is 434 g/mol. The lowest BCUT2D eigenvalue weighted by molar-refractivity contribution is 0.0996. The molecule has 4 heterocycles. The van der Waals surface area contributed by atoms with Crippen molar-refractivity contribution in [2.75, 3.05) is 11.9 Å². The van der Waals surface area contributed by atoms with Gasteiger partial charge in [0.05, 0.1) is 12.2 Å². The highest BCUT2D eigenvalue weighted by molar-refractivity contribution is 6.30. The van der Waals surface area contributed by atoms with Gasteiger partial charge in [-0.3, -0.25) is 9.69 Å². The number of aromatic nitrogens is 5. The number of hydrogen-bond acceptors (Lipinski definition) is 7. The van der Waals surface area contributed by atoms with Crippen molar-refractivity contribution in [2.24, 2.45) is 0 Å². The van der Waals surface area contributed by atoms with E-state index in [0.29, 0.717) is 34.2 Å². The van der Waals surface area contributed by atoms with Crippen LogP contribution in [0.5, 0.6) is 0 Å². The molecule has 1 aliphatic rings. The van der Waals surface area contributed by atoms with E-state index in [0.717, 1.165) is 18.8 Å². The Morgan fingerprint density at radius 1 is 1.28 bits per heavy atom. The molecule has 0 atom stereocenters. The maximum absolute atomic E-state index is 13.2. The number of carbonyl (C=O) groups excluding carboxylic acids is 2. The number of aryl methyl sites for hydroxylation is 1. The number of ether oxygens (including phenoxy) is 1. The summed E-state index contributed by atoms with van der Waals surface area (Å²) >= 11 is 6.12. The van der Waals surface area contributed by atoms with Crippen LogP contribution in [-0.2, 0) is 24.4 Å². The van der Waals surface area contributed by atoms with Gasteiger partial charge in [0.15, 0.2) is 5.82 Å². The van der Waals surface area contributed by atoms with Crippen LogP contribution in [-0.4, -0.2) is 43.8 Å². The first-order chi connectivity index (χ1) is 15.4. The molecule has 4 rings (SSSR count). The topological polar surface area (TPSA) is 115 Å². The van der Waals surface area contributed by atoms with Gasteiger partial charge in [0.2, 0.25) is 0 Å². The summed E-state index contributed by atoms with van der Waals surface area (Å²) in [5.74, 6) is 1.68. The number of anilines is 1. The van der Waals surface area contributed by atoms with Crippen LogP contribution >= 0.6 is 11.6 Å². The van der Waals surface area contributed by atoms with Crippen LogP contribution in [0.3, 0.4) is 0 Å². The molecule has 0 aromatic carbocycles. The van der Waals surface area contributed by atoms with Crippen LogP contribution in [0.25, 0.3) is 11.5 Å². The molecule has 1 aliphatic heterocycles. The zero-order chi connectivity index (χ0) is 22.8. The van der Waals surface area contributed by atoms with E-state index in [1.54, 1.807) is 11.0 Å². The molecular formula is C21H22ClN7O3. The van der Waals surface area contributed by atoms with E-state index in [2.05, 4.69) is 32.4 Å². The Bertz CT molecular complexity index is 1190. The second-order valence-corrected chi connectivity index (χ2v) is 7.63. The number of amides is 2. The molecule has 166 valence electrons. The fourth-order valence-electron chi connectivity index (χ4n) is 3.60. The van der Waals surface area contributed by atoms with Crippen molar-refractivity contribution in [1.29, 1.82) is 0 Å². The van der Waals surface area contributed by atoms with Crippen LogP contribution in [0.4, 0.5) is 10.6 Å². The van der Waals surface area contributed by atoms with Gasteiger partial charge in [0.25, 0.3) is 5.91 Å². The van der Waals surface area contributed by atoms with Gasteiger partial charge in [-0.2, -0.15) is 0 Å². The van der Waals surface area contributed by atoms with Gasteiger partial charge in [-0.05, 0) is 31.5 Å². The number of halogens is 1. The number of nitrogens with one attached hydrogen (secondary N) is 1. The minimum absolute atomic E-state index is 0.101. The fourth-order valence-corrected chi connectivity index (χ4v) is 3.81. The molecule has 0 aliphatic carbocycles. The van der Waals surface area contributed by atoms with E-state index in [1.165, 1.54) is 13.1 Å². The smallest absolute Gasteiger partial charge is 0.407 e. The highest BCUT2D eigenvalue weighted by atomic mass is 35.5. The van der Waals surface area contributed by atoms with E-state index < -0.39 is 6.09 Å². The van der Waals surface area contributed by atoms with Crippen molar-refractivity contribution in [2.45, 2.75) is 40.0 Å². The van der Waals surface area contributed by atoms with Gasteiger partial charge in [-0.25, -0.2) is 14.8 Å². The molecule has 3 aromatic heterocycles. The summed E-state index contributed by atoms with van der Waals surface area (Å²) in [4.78, 5) is 35.1. The van der Waals surface area contributed by atoms with Crippen LogP contribution in [0.15, 0.2) is 24.3 Å². The summed E-state index contributed by atoms with van der Waals surface area (Å²) in [5.41, 5.74) is 2.12. The molecule has 0 unspecified atom stereocenters. The molecule has 0 radical (unpaired) electrons. The lowest BCUT2D eigenvalue weighted by Gasteiger charge is -2.16. The summed E-state index contributed by atoms with van der Waals surface area (Å²) in [6.07, 6.45) is 0.336. The van der Waals surface area contributed by atoms with Crippen LogP contribution in [0, 0.1) is 6.92 Å². The standard InChI is InChI=1S/C21H22ClN7O3/c1-4-8-28-12(2)26-27-19(28)15-6-5-7-18(25-15)29-10-14-13(20(29)30)9-17(22)24-16(14)11-32-21(31)23-3/h5-7,9H,4,8,10-11H2,1-3H3,(H,23,31). The molecule has 0 spiro atoms. The van der Waals surface area contributed by atoms with Gasteiger partial charge in [-0.1, -0.05) is 24.6 Å². The molecule has 3 aromatic rings. The van der Waals surface area contributed by atoms with E-state index in [9.17, 15) is 9.59 Å². The average molecular weight is 456 g/mol. The summed E-state index contributed by atoms with van der Waals surface area (Å²) in [6, 6.07) is 6.95. The molecule has 11 heteroatoms. The van der Waals surface area contributed by atoms with Crippen molar-refractivity contribution in [3.8, 4) is 11.5 Å². The minimum atomic E-state index is -0.595. The molecule has 32 heavy (non-hydrogen) atoms. The number of hydrogen-bond donors (Lipinski definition) is 1. The van der Waals surface area contributed by atoms with Crippen LogP contribution < -0.4 is 10.2 Å². The third kappa shape index (κ3) is 4.01. The Morgan fingerprint density at radius 2 is 2.09 bits per heavy atom. The van der Waals surface area contributed by atoms with Crippen molar-refractivity contribution < 1.29 is 14.3 Å². The van der Waals surface area contributed by atoms with Gasteiger partial charge in [0.1, 0.15) is 29.1 Å². The van der Waals surface area contributed by atoms with Crippen molar-refractivity contribution in [3.63, 3.8) is 0 Å². The number of alkyl carbamates (subject to hydrolysis) is 1. The Hall–Kier alpha value is -3.53. The molecule has 0 saturated heterocycles. The monoisotopic (exact) mass is 455 g/mol. The average Bonchev–Trinajstić information content (AvgIpc) is 3.32. The zero-order valence-corrected chi connectivity index (χ0v) is 18.7. The van der Waals surface area contributed by atoms with Crippen molar-refractivity contribution in [1.82, 2.24) is 30.0 Å². The van der Waals surface area contributed by atoms with Crippen molar-refractivity contribution >= 4 is 29.4 Å². The Morgan fingerprint density at radius 3 is 2.84 bits per heavy atom. The highest BCUT2D eigenvalue weighted by Gasteiger charge is 2.33. The lowest BCUT2D eigenvalue weighted by Crippen LogP contribution is -2.24. The second kappa shape index (κ2) is 8.91. The van der Waals surface area contributed by atoms with E-state index >= 15 is 0 Å². The lowest BCUT2D eigenvalue weighted by atomic mass is 10.1. The van der Waals surface area contributed by atoms with Crippen LogP contribution in [0.1, 0.15) is 40.8 Å². The van der Waals surface area contributed by atoms with E-state index in [1.807, 2.05) is 23.6 Å². The Balaban J connectivity index is 1.66.